The fraction of sp³-hybridized carbons (Fsp3) is 0.0625. The lowest BCUT2D eigenvalue weighted by atomic mass is 10.0. The minimum absolute atomic E-state index is 0.387. The summed E-state index contributed by atoms with van der Waals surface area (Å²) in [6, 6.07) is 15.6. The number of hydrogen-bond acceptors (Lipinski definition) is 2. The van der Waals surface area contributed by atoms with Crippen molar-refractivity contribution in [1.29, 1.82) is 0 Å². The molecule has 0 heterocycles. The fourth-order valence-electron chi connectivity index (χ4n) is 1.62. The van der Waals surface area contributed by atoms with Gasteiger partial charge in [-0.3, -0.25) is 0 Å². The van der Waals surface area contributed by atoms with Gasteiger partial charge in [0.15, 0.2) is 0 Å². The van der Waals surface area contributed by atoms with Crippen molar-refractivity contribution in [3.63, 3.8) is 0 Å². The van der Waals surface area contributed by atoms with E-state index in [1.165, 1.54) is 0 Å². The zero-order chi connectivity index (χ0) is 13.8. The van der Waals surface area contributed by atoms with Crippen LogP contribution in [0.3, 0.4) is 0 Å². The van der Waals surface area contributed by atoms with Gasteiger partial charge >= 0.3 is 5.97 Å². The van der Waals surface area contributed by atoms with Gasteiger partial charge in [-0.25, -0.2) is 4.79 Å². The molecule has 0 aliphatic rings. The second-order valence-corrected chi connectivity index (χ2v) is 5.42. The average Bonchev–Trinajstić information content (AvgIpc) is 2.39. The van der Waals surface area contributed by atoms with Crippen molar-refractivity contribution < 1.29 is 9.53 Å². The first-order valence-electron chi connectivity index (χ1n) is 5.80. The number of hydrogen-bond donors (Lipinski definition) is 0. The average molecular weight is 364 g/mol. The predicted octanol–water partition coefficient (Wildman–Crippen LogP) is 4.44. The van der Waals surface area contributed by atoms with Crippen molar-refractivity contribution in [2.24, 2.45) is 0 Å². The molecule has 19 heavy (non-hydrogen) atoms. The van der Waals surface area contributed by atoms with Crippen LogP contribution >= 0.6 is 22.6 Å². The van der Waals surface area contributed by atoms with Crippen LogP contribution in [0.1, 0.15) is 6.92 Å². The third-order valence-electron chi connectivity index (χ3n) is 2.58. The highest BCUT2D eigenvalue weighted by atomic mass is 127. The van der Waals surface area contributed by atoms with Crippen LogP contribution in [0, 0.1) is 3.57 Å². The highest BCUT2D eigenvalue weighted by Gasteiger charge is 2.11. The SMILES string of the molecule is C=C(C)C(=O)Oc1cc(I)ccc1-c1ccccc1. The first-order chi connectivity index (χ1) is 9.08. The fourth-order valence-corrected chi connectivity index (χ4v) is 2.09. The van der Waals surface area contributed by atoms with Crippen LogP contribution in [0.4, 0.5) is 0 Å². The van der Waals surface area contributed by atoms with E-state index in [1.54, 1.807) is 6.92 Å². The summed E-state index contributed by atoms with van der Waals surface area (Å²) in [4.78, 5) is 11.7. The van der Waals surface area contributed by atoms with Crippen molar-refractivity contribution in [3.05, 3.63) is 64.3 Å². The molecule has 2 nitrogen and oxygen atoms in total. The molecule has 0 spiro atoms. The van der Waals surface area contributed by atoms with Gasteiger partial charge in [0, 0.05) is 14.7 Å². The molecule has 0 radical (unpaired) electrons. The number of rotatable bonds is 3. The lowest BCUT2D eigenvalue weighted by Gasteiger charge is -2.10. The quantitative estimate of drug-likeness (QED) is 0.348. The molecule has 0 aromatic heterocycles. The van der Waals surface area contributed by atoms with Gasteiger partial charge in [-0.05, 0) is 53.3 Å². The van der Waals surface area contributed by atoms with Gasteiger partial charge in [-0.15, -0.1) is 0 Å². The van der Waals surface area contributed by atoms with Crippen LogP contribution in [0.25, 0.3) is 11.1 Å². The molecule has 3 heteroatoms. The van der Waals surface area contributed by atoms with Crippen LogP contribution in [0.15, 0.2) is 60.7 Å². The van der Waals surface area contributed by atoms with Crippen LogP contribution in [-0.4, -0.2) is 5.97 Å². The number of ether oxygens (including phenoxy) is 1. The molecule has 0 N–H and O–H groups in total. The Morgan fingerprint density at radius 2 is 1.84 bits per heavy atom. The van der Waals surface area contributed by atoms with E-state index in [9.17, 15) is 4.79 Å². The summed E-state index contributed by atoms with van der Waals surface area (Å²) in [5.74, 6) is 0.158. The molecule has 0 atom stereocenters. The first-order valence-corrected chi connectivity index (χ1v) is 6.88. The first kappa shape index (κ1) is 13.8. The molecule has 2 rings (SSSR count). The van der Waals surface area contributed by atoms with Crippen LogP contribution in [0.2, 0.25) is 0 Å². The normalized spacial score (nSPS) is 10.0. The number of esters is 1. The Kier molecular flexibility index (Phi) is 4.37. The zero-order valence-electron chi connectivity index (χ0n) is 10.5. The maximum absolute atomic E-state index is 11.7. The Bertz CT molecular complexity index is 618. The maximum Gasteiger partial charge on any atom is 0.338 e. The Balaban J connectivity index is 2.44. The minimum Gasteiger partial charge on any atom is -0.422 e. The van der Waals surface area contributed by atoms with E-state index in [0.29, 0.717) is 11.3 Å². The van der Waals surface area contributed by atoms with Crippen LogP contribution in [-0.2, 0) is 4.79 Å². The lowest BCUT2D eigenvalue weighted by molar-refractivity contribution is -0.130. The second kappa shape index (κ2) is 6.02. The molecule has 96 valence electrons. The number of halogens is 1. The summed E-state index contributed by atoms with van der Waals surface area (Å²) in [7, 11) is 0. The summed E-state index contributed by atoms with van der Waals surface area (Å²) in [6.07, 6.45) is 0. The topological polar surface area (TPSA) is 26.3 Å². The van der Waals surface area contributed by atoms with E-state index >= 15 is 0 Å². The van der Waals surface area contributed by atoms with Gasteiger partial charge in [0.2, 0.25) is 0 Å². The molecule has 0 aliphatic heterocycles. The van der Waals surface area contributed by atoms with Crippen molar-refractivity contribution in [3.8, 4) is 16.9 Å². The van der Waals surface area contributed by atoms with Crippen LogP contribution in [0.5, 0.6) is 5.75 Å². The highest BCUT2D eigenvalue weighted by Crippen LogP contribution is 2.31. The van der Waals surface area contributed by atoms with Crippen molar-refractivity contribution in [2.45, 2.75) is 6.92 Å². The highest BCUT2D eigenvalue weighted by molar-refractivity contribution is 14.1. The summed E-state index contributed by atoms with van der Waals surface area (Å²) in [5.41, 5.74) is 2.30. The number of benzene rings is 2. The van der Waals surface area contributed by atoms with Crippen molar-refractivity contribution in [1.82, 2.24) is 0 Å². The predicted molar refractivity (Wildman–Crippen MR) is 85.0 cm³/mol. The van der Waals surface area contributed by atoms with E-state index < -0.39 is 5.97 Å². The standard InChI is InChI=1S/C16H13IO2/c1-11(2)16(18)19-15-10-13(17)8-9-14(15)12-6-4-3-5-7-12/h3-10H,1H2,2H3. The Morgan fingerprint density at radius 1 is 1.16 bits per heavy atom. The van der Waals surface area contributed by atoms with Gasteiger partial charge in [-0.2, -0.15) is 0 Å². The molecule has 0 fully saturated rings. The summed E-state index contributed by atoms with van der Waals surface area (Å²) >= 11 is 2.19. The molecule has 2 aromatic rings. The number of carbonyl (C=O) groups is 1. The third-order valence-corrected chi connectivity index (χ3v) is 3.25. The molecule has 0 amide bonds. The Morgan fingerprint density at radius 3 is 2.47 bits per heavy atom. The van der Waals surface area contributed by atoms with E-state index in [2.05, 4.69) is 29.2 Å². The van der Waals surface area contributed by atoms with E-state index in [4.69, 9.17) is 4.74 Å². The molecule has 0 unspecified atom stereocenters. The largest absolute Gasteiger partial charge is 0.422 e. The summed E-state index contributed by atoms with van der Waals surface area (Å²) < 4.78 is 6.41. The van der Waals surface area contributed by atoms with Gasteiger partial charge in [0.25, 0.3) is 0 Å². The molecular weight excluding hydrogens is 351 g/mol. The second-order valence-electron chi connectivity index (χ2n) is 4.18. The summed E-state index contributed by atoms with van der Waals surface area (Å²) in [6.45, 7) is 5.24. The molecule has 0 bridgehead atoms. The molecule has 0 aliphatic carbocycles. The van der Waals surface area contributed by atoms with E-state index in [-0.39, 0.29) is 0 Å². The molecular formula is C16H13IO2. The third kappa shape index (κ3) is 3.44. The van der Waals surface area contributed by atoms with Gasteiger partial charge < -0.3 is 4.74 Å². The number of carbonyl (C=O) groups excluding carboxylic acids is 1. The van der Waals surface area contributed by atoms with Crippen molar-refractivity contribution in [2.75, 3.05) is 0 Å². The zero-order valence-corrected chi connectivity index (χ0v) is 12.7. The molecule has 2 aromatic carbocycles. The van der Waals surface area contributed by atoms with Gasteiger partial charge in [0.05, 0.1) is 0 Å². The Labute approximate surface area is 126 Å². The maximum atomic E-state index is 11.7. The lowest BCUT2D eigenvalue weighted by Crippen LogP contribution is -2.09. The smallest absolute Gasteiger partial charge is 0.338 e. The van der Waals surface area contributed by atoms with Gasteiger partial charge in [0.1, 0.15) is 5.75 Å². The van der Waals surface area contributed by atoms with E-state index in [1.807, 2.05) is 48.5 Å². The van der Waals surface area contributed by atoms with E-state index in [0.717, 1.165) is 14.7 Å². The van der Waals surface area contributed by atoms with Crippen molar-refractivity contribution >= 4 is 28.6 Å². The minimum atomic E-state index is -0.404. The summed E-state index contributed by atoms with van der Waals surface area (Å²) in [5, 5.41) is 0. The van der Waals surface area contributed by atoms with Crippen LogP contribution < -0.4 is 4.74 Å². The monoisotopic (exact) mass is 364 g/mol. The Hall–Kier alpha value is -1.62. The molecule has 0 saturated carbocycles. The molecule has 0 saturated heterocycles. The van der Waals surface area contributed by atoms with Gasteiger partial charge in [-0.1, -0.05) is 36.9 Å².